The number of carbonyl (C=O) groups is 1. The molecule has 9 heteroatoms. The highest BCUT2D eigenvalue weighted by atomic mass is 19.4. The number of aliphatic hydroxyl groups is 1. The summed E-state index contributed by atoms with van der Waals surface area (Å²) in [5.74, 6) is -0.941. The monoisotopic (exact) mass is 313 g/mol. The van der Waals surface area contributed by atoms with Gasteiger partial charge in [0, 0.05) is 12.6 Å². The van der Waals surface area contributed by atoms with Gasteiger partial charge in [0.25, 0.3) is 11.6 Å². The van der Waals surface area contributed by atoms with E-state index in [4.69, 9.17) is 10.00 Å². The van der Waals surface area contributed by atoms with Crippen LogP contribution >= 0.6 is 0 Å². The van der Waals surface area contributed by atoms with Crippen LogP contribution in [-0.2, 0) is 4.79 Å². The first-order valence-electron chi connectivity index (χ1n) is 6.05. The average molecular weight is 313 g/mol. The third kappa shape index (κ3) is 2.87. The van der Waals surface area contributed by atoms with Crippen LogP contribution in [0.1, 0.15) is 12.0 Å². The summed E-state index contributed by atoms with van der Waals surface area (Å²) in [7, 11) is 0. The van der Waals surface area contributed by atoms with E-state index in [9.17, 15) is 23.1 Å². The molecule has 1 unspecified atom stereocenters. The molecule has 116 valence electrons. The van der Waals surface area contributed by atoms with E-state index in [1.54, 1.807) is 0 Å². The van der Waals surface area contributed by atoms with Crippen LogP contribution in [0.15, 0.2) is 29.4 Å². The smallest absolute Gasteiger partial charge is 0.438 e. The molecule has 1 N–H and O–H groups in total. The van der Waals surface area contributed by atoms with Crippen molar-refractivity contribution < 1.29 is 27.8 Å². The molecule has 0 radical (unpaired) electrons. The number of hydrogen-bond acceptors (Lipinski definition) is 5. The summed E-state index contributed by atoms with van der Waals surface area (Å²) >= 11 is 0. The molecule has 1 aliphatic rings. The molecule has 0 saturated carbocycles. The number of ether oxygens (including phenoxy) is 1. The molecule has 1 atom stereocenters. The summed E-state index contributed by atoms with van der Waals surface area (Å²) in [6, 6.07) is 7.54. The molecule has 1 heterocycles. The van der Waals surface area contributed by atoms with E-state index >= 15 is 0 Å². The summed E-state index contributed by atoms with van der Waals surface area (Å²) in [4.78, 5) is 11.8. The zero-order chi connectivity index (χ0) is 16.4. The molecule has 0 spiro atoms. The number of hydrazone groups is 1. The highest BCUT2D eigenvalue weighted by Gasteiger charge is 2.61. The Hall–Kier alpha value is -2.60. The van der Waals surface area contributed by atoms with Crippen LogP contribution < -0.4 is 4.74 Å². The maximum absolute atomic E-state index is 12.8. The van der Waals surface area contributed by atoms with Crippen molar-refractivity contribution >= 4 is 12.1 Å². The third-order valence-electron chi connectivity index (χ3n) is 2.96. The van der Waals surface area contributed by atoms with E-state index in [0.717, 1.165) is 6.21 Å². The highest BCUT2D eigenvalue weighted by molar-refractivity contribution is 5.81. The first kappa shape index (κ1) is 15.8. The predicted molar refractivity (Wildman–Crippen MR) is 67.6 cm³/mol. The van der Waals surface area contributed by atoms with Crippen LogP contribution in [0.2, 0.25) is 0 Å². The minimum atomic E-state index is -5.03. The fourth-order valence-electron chi connectivity index (χ4n) is 1.77. The lowest BCUT2D eigenvalue weighted by Crippen LogP contribution is -2.57. The molecule has 1 aromatic carbocycles. The van der Waals surface area contributed by atoms with Gasteiger partial charge < -0.3 is 9.84 Å². The van der Waals surface area contributed by atoms with Crippen molar-refractivity contribution in [3.63, 3.8) is 0 Å². The molecule has 0 fully saturated rings. The Kier molecular flexibility index (Phi) is 4.05. The molecular formula is C13H10F3N3O3. The predicted octanol–water partition coefficient (Wildman–Crippen LogP) is 1.41. The summed E-state index contributed by atoms with van der Waals surface area (Å²) in [5, 5.41) is 21.4. The van der Waals surface area contributed by atoms with Crippen molar-refractivity contribution in [2.45, 2.75) is 18.3 Å². The van der Waals surface area contributed by atoms with Crippen molar-refractivity contribution in [2.75, 3.05) is 6.61 Å². The summed E-state index contributed by atoms with van der Waals surface area (Å²) in [5.41, 5.74) is -2.98. The Morgan fingerprint density at radius 1 is 1.45 bits per heavy atom. The van der Waals surface area contributed by atoms with Crippen LogP contribution in [-0.4, -0.2) is 40.7 Å². The second-order valence-corrected chi connectivity index (χ2v) is 4.45. The number of nitrogens with zero attached hydrogens (tertiary/aromatic N) is 3. The van der Waals surface area contributed by atoms with E-state index in [-0.39, 0.29) is 10.8 Å². The molecule has 0 aromatic heterocycles. The van der Waals surface area contributed by atoms with E-state index in [1.807, 2.05) is 6.07 Å². The molecule has 1 amide bonds. The van der Waals surface area contributed by atoms with E-state index in [1.165, 1.54) is 24.3 Å². The van der Waals surface area contributed by atoms with Crippen molar-refractivity contribution in [1.29, 1.82) is 5.26 Å². The minimum Gasteiger partial charge on any atom is -0.484 e. The van der Waals surface area contributed by atoms with Gasteiger partial charge in [-0.15, -0.1) is 0 Å². The SMILES string of the molecule is N#Cc1ccc(OCC(=O)N2N=CCC2(O)C(F)(F)F)cc1. The van der Waals surface area contributed by atoms with Gasteiger partial charge in [-0.2, -0.15) is 28.5 Å². The van der Waals surface area contributed by atoms with Gasteiger partial charge in [0.2, 0.25) is 0 Å². The lowest BCUT2D eigenvalue weighted by molar-refractivity contribution is -0.302. The van der Waals surface area contributed by atoms with Gasteiger partial charge >= 0.3 is 6.18 Å². The summed E-state index contributed by atoms with van der Waals surface area (Å²) in [6.07, 6.45) is -5.06. The number of amides is 1. The van der Waals surface area contributed by atoms with Crippen LogP contribution in [0.4, 0.5) is 13.2 Å². The molecule has 22 heavy (non-hydrogen) atoms. The average Bonchev–Trinajstić information content (AvgIpc) is 2.88. The number of carbonyl (C=O) groups excluding carboxylic acids is 1. The summed E-state index contributed by atoms with van der Waals surface area (Å²) in [6.45, 7) is -0.734. The van der Waals surface area contributed by atoms with E-state index in [2.05, 4.69) is 5.10 Å². The number of rotatable bonds is 3. The van der Waals surface area contributed by atoms with Gasteiger partial charge in [-0.25, -0.2) is 0 Å². The molecule has 0 saturated heterocycles. The van der Waals surface area contributed by atoms with Crippen LogP contribution in [0.5, 0.6) is 5.75 Å². The largest absolute Gasteiger partial charge is 0.484 e. The molecule has 1 aromatic rings. The van der Waals surface area contributed by atoms with E-state index in [0.29, 0.717) is 5.56 Å². The molecule has 2 rings (SSSR count). The second kappa shape index (κ2) is 5.65. The topological polar surface area (TPSA) is 85.9 Å². The van der Waals surface area contributed by atoms with Crippen molar-refractivity contribution in [2.24, 2.45) is 5.10 Å². The Bertz CT molecular complexity index is 637. The van der Waals surface area contributed by atoms with Crippen molar-refractivity contribution in [3.05, 3.63) is 29.8 Å². The zero-order valence-electron chi connectivity index (χ0n) is 11.0. The molecular weight excluding hydrogens is 303 g/mol. The molecule has 0 bridgehead atoms. The maximum Gasteiger partial charge on any atom is 0.438 e. The Morgan fingerprint density at radius 3 is 2.64 bits per heavy atom. The summed E-state index contributed by atoms with van der Waals surface area (Å²) < 4.78 is 43.5. The maximum atomic E-state index is 12.8. The Labute approximate surface area is 123 Å². The number of alkyl halides is 3. The number of halogens is 3. The molecule has 1 aliphatic heterocycles. The fourth-order valence-corrected chi connectivity index (χ4v) is 1.77. The Balaban J connectivity index is 2.03. The Morgan fingerprint density at radius 2 is 2.09 bits per heavy atom. The zero-order valence-corrected chi connectivity index (χ0v) is 11.0. The number of nitriles is 1. The number of hydrogen-bond donors (Lipinski definition) is 1. The van der Waals surface area contributed by atoms with Gasteiger partial charge in [-0.05, 0) is 24.3 Å². The minimum absolute atomic E-state index is 0.0311. The van der Waals surface area contributed by atoms with Crippen LogP contribution in [0, 0.1) is 11.3 Å². The lowest BCUT2D eigenvalue weighted by Gasteiger charge is -2.32. The van der Waals surface area contributed by atoms with Gasteiger partial charge in [0.1, 0.15) is 5.75 Å². The van der Waals surface area contributed by atoms with Crippen molar-refractivity contribution in [3.8, 4) is 11.8 Å². The molecule has 0 aliphatic carbocycles. The number of benzene rings is 1. The highest BCUT2D eigenvalue weighted by Crippen LogP contribution is 2.38. The quantitative estimate of drug-likeness (QED) is 0.914. The van der Waals surface area contributed by atoms with Gasteiger partial charge in [-0.1, -0.05) is 0 Å². The normalized spacial score (nSPS) is 20.8. The van der Waals surface area contributed by atoms with Crippen LogP contribution in [0.25, 0.3) is 0 Å². The first-order valence-corrected chi connectivity index (χ1v) is 6.05. The molecule has 6 nitrogen and oxygen atoms in total. The lowest BCUT2D eigenvalue weighted by atomic mass is 10.1. The van der Waals surface area contributed by atoms with Gasteiger partial charge in [-0.3, -0.25) is 4.79 Å². The first-order chi connectivity index (χ1) is 10.3. The fraction of sp³-hybridized carbons (Fsp3) is 0.308. The van der Waals surface area contributed by atoms with Gasteiger partial charge in [0.05, 0.1) is 11.6 Å². The van der Waals surface area contributed by atoms with Crippen LogP contribution in [0.3, 0.4) is 0 Å². The van der Waals surface area contributed by atoms with Gasteiger partial charge in [0.15, 0.2) is 6.61 Å². The van der Waals surface area contributed by atoms with Crippen molar-refractivity contribution in [1.82, 2.24) is 5.01 Å². The second-order valence-electron chi connectivity index (χ2n) is 4.45. The standard InChI is InChI=1S/C13H10F3N3O3/c14-13(15,16)12(21)5-6-18-19(12)11(20)8-22-10-3-1-9(7-17)2-4-10/h1-4,6,21H,5,8H2. The third-order valence-corrected chi connectivity index (χ3v) is 2.96. The van der Waals surface area contributed by atoms with E-state index < -0.39 is 30.8 Å².